The average molecular weight is 521 g/mol. The zero-order chi connectivity index (χ0) is 20.5. The molecule has 0 unspecified atom stereocenters. The Morgan fingerprint density at radius 1 is 1.10 bits per heavy atom. The highest BCUT2D eigenvalue weighted by Crippen LogP contribution is 2.28. The minimum Gasteiger partial charge on any atom is -0.457 e. The first-order chi connectivity index (χ1) is 13.9. The predicted octanol–water partition coefficient (Wildman–Crippen LogP) is 5.46. The van der Waals surface area contributed by atoms with Crippen LogP contribution in [-0.4, -0.2) is 16.8 Å². The Morgan fingerprint density at radius 3 is 2.59 bits per heavy atom. The standard InChI is InChI=1S/C20H10ClIN2O5/c21-16-7-5-13(24(26)27)9-15(16)19-23-17(20(25)29-19)10-14-6-8-18(28-14)11-1-3-12(22)4-2-11/h1-10H. The second-order valence-corrected chi connectivity index (χ2v) is 7.62. The number of esters is 1. The Balaban J connectivity index is 1.65. The summed E-state index contributed by atoms with van der Waals surface area (Å²) in [5.41, 5.74) is 0.883. The molecule has 0 saturated carbocycles. The predicted molar refractivity (Wildman–Crippen MR) is 116 cm³/mol. The molecule has 0 radical (unpaired) electrons. The van der Waals surface area contributed by atoms with Crippen LogP contribution in [-0.2, 0) is 9.53 Å². The molecule has 1 aliphatic rings. The van der Waals surface area contributed by atoms with E-state index in [1.807, 2.05) is 24.3 Å². The van der Waals surface area contributed by atoms with Crippen LogP contribution in [0.15, 0.2) is 69.7 Å². The maximum Gasteiger partial charge on any atom is 0.363 e. The summed E-state index contributed by atoms with van der Waals surface area (Å²) in [5, 5.41) is 11.2. The van der Waals surface area contributed by atoms with Crippen LogP contribution in [0, 0.1) is 13.7 Å². The number of nitro groups is 1. The molecular weight excluding hydrogens is 511 g/mol. The van der Waals surface area contributed by atoms with Crippen LogP contribution >= 0.6 is 34.2 Å². The number of halogens is 2. The third kappa shape index (κ3) is 4.08. The molecule has 1 aromatic heterocycles. The summed E-state index contributed by atoms with van der Waals surface area (Å²) in [7, 11) is 0. The van der Waals surface area contributed by atoms with Gasteiger partial charge in [-0.15, -0.1) is 0 Å². The number of non-ortho nitro benzene ring substituents is 1. The van der Waals surface area contributed by atoms with Crippen LogP contribution < -0.4 is 0 Å². The Labute approximate surface area is 182 Å². The monoisotopic (exact) mass is 520 g/mol. The van der Waals surface area contributed by atoms with E-state index >= 15 is 0 Å². The highest BCUT2D eigenvalue weighted by molar-refractivity contribution is 14.1. The Bertz CT molecular complexity index is 1200. The van der Waals surface area contributed by atoms with E-state index < -0.39 is 10.9 Å². The van der Waals surface area contributed by atoms with E-state index in [2.05, 4.69) is 27.6 Å². The van der Waals surface area contributed by atoms with Gasteiger partial charge in [-0.3, -0.25) is 10.1 Å². The van der Waals surface area contributed by atoms with E-state index in [9.17, 15) is 14.9 Å². The number of benzene rings is 2. The number of carbonyl (C=O) groups excluding carboxylic acids is 1. The zero-order valence-corrected chi connectivity index (χ0v) is 17.4. The number of furan rings is 1. The fourth-order valence-electron chi connectivity index (χ4n) is 2.65. The Hall–Kier alpha value is -2.98. The summed E-state index contributed by atoms with van der Waals surface area (Å²) in [6.45, 7) is 0. The van der Waals surface area contributed by atoms with Crippen molar-refractivity contribution in [3.05, 3.63) is 90.3 Å². The molecule has 0 saturated heterocycles. The first kappa shape index (κ1) is 19.3. The molecule has 0 amide bonds. The summed E-state index contributed by atoms with van der Waals surface area (Å²) in [4.78, 5) is 26.7. The van der Waals surface area contributed by atoms with Crippen LogP contribution in [0.3, 0.4) is 0 Å². The molecule has 0 N–H and O–H groups in total. The topological polar surface area (TPSA) is 94.9 Å². The van der Waals surface area contributed by atoms with Crippen LogP contribution in [0.25, 0.3) is 17.4 Å². The molecule has 2 aromatic carbocycles. The number of rotatable bonds is 4. The van der Waals surface area contributed by atoms with E-state index in [1.165, 1.54) is 24.3 Å². The molecule has 0 spiro atoms. The van der Waals surface area contributed by atoms with Gasteiger partial charge in [0, 0.05) is 27.3 Å². The van der Waals surface area contributed by atoms with E-state index in [0.717, 1.165) is 9.13 Å². The minimum atomic E-state index is -0.699. The number of hydrogen-bond donors (Lipinski definition) is 0. The largest absolute Gasteiger partial charge is 0.457 e. The lowest BCUT2D eigenvalue weighted by molar-refractivity contribution is -0.384. The third-order valence-corrected chi connectivity index (χ3v) is 5.09. The number of nitro benzene ring substituents is 1. The molecule has 0 fully saturated rings. The highest BCUT2D eigenvalue weighted by Gasteiger charge is 2.27. The maximum absolute atomic E-state index is 12.2. The second-order valence-electron chi connectivity index (χ2n) is 5.97. The van der Waals surface area contributed by atoms with Crippen molar-refractivity contribution in [1.82, 2.24) is 0 Å². The van der Waals surface area contributed by atoms with Gasteiger partial charge in [0.15, 0.2) is 5.70 Å². The van der Waals surface area contributed by atoms with Gasteiger partial charge >= 0.3 is 5.97 Å². The maximum atomic E-state index is 12.2. The van der Waals surface area contributed by atoms with Gasteiger partial charge in [0.1, 0.15) is 11.5 Å². The molecule has 144 valence electrons. The summed E-state index contributed by atoms with van der Waals surface area (Å²) < 4.78 is 12.0. The van der Waals surface area contributed by atoms with Gasteiger partial charge in [-0.25, -0.2) is 9.79 Å². The molecule has 0 aliphatic carbocycles. The minimum absolute atomic E-state index is 0.00563. The van der Waals surface area contributed by atoms with Crippen molar-refractivity contribution in [2.24, 2.45) is 4.99 Å². The van der Waals surface area contributed by atoms with Crippen molar-refractivity contribution in [2.45, 2.75) is 0 Å². The lowest BCUT2D eigenvalue weighted by Crippen LogP contribution is -2.06. The van der Waals surface area contributed by atoms with E-state index in [0.29, 0.717) is 11.5 Å². The Morgan fingerprint density at radius 2 is 1.86 bits per heavy atom. The summed E-state index contributed by atoms with van der Waals surface area (Å²) in [6, 6.07) is 15.1. The van der Waals surface area contributed by atoms with Crippen molar-refractivity contribution in [1.29, 1.82) is 0 Å². The lowest BCUT2D eigenvalue weighted by atomic mass is 10.2. The van der Waals surface area contributed by atoms with Crippen molar-refractivity contribution in [2.75, 3.05) is 0 Å². The van der Waals surface area contributed by atoms with E-state index in [1.54, 1.807) is 12.1 Å². The van der Waals surface area contributed by atoms with Gasteiger partial charge < -0.3 is 9.15 Å². The first-order valence-corrected chi connectivity index (χ1v) is 9.69. The number of nitrogens with zero attached hydrogens (tertiary/aromatic N) is 2. The van der Waals surface area contributed by atoms with Crippen molar-refractivity contribution < 1.29 is 18.9 Å². The number of cyclic esters (lactones) is 1. The quantitative estimate of drug-likeness (QED) is 0.150. The van der Waals surface area contributed by atoms with Gasteiger partial charge in [-0.05, 0) is 52.9 Å². The zero-order valence-electron chi connectivity index (χ0n) is 14.5. The molecule has 0 atom stereocenters. The lowest BCUT2D eigenvalue weighted by Gasteiger charge is -2.02. The molecule has 7 nitrogen and oxygen atoms in total. The number of ether oxygens (including phenoxy) is 1. The summed E-state index contributed by atoms with van der Waals surface area (Å²) in [6.07, 6.45) is 1.44. The number of hydrogen-bond acceptors (Lipinski definition) is 6. The highest BCUT2D eigenvalue weighted by atomic mass is 127. The second kappa shape index (κ2) is 7.80. The van der Waals surface area contributed by atoms with Crippen LogP contribution in [0.2, 0.25) is 5.02 Å². The normalized spacial score (nSPS) is 14.8. The van der Waals surface area contributed by atoms with Gasteiger partial charge in [-0.1, -0.05) is 23.7 Å². The molecular formula is C20H10ClIN2O5. The van der Waals surface area contributed by atoms with Crippen LogP contribution in [0.4, 0.5) is 5.69 Å². The van der Waals surface area contributed by atoms with Crippen molar-refractivity contribution in [3.8, 4) is 11.3 Å². The smallest absolute Gasteiger partial charge is 0.363 e. The van der Waals surface area contributed by atoms with Crippen molar-refractivity contribution in [3.63, 3.8) is 0 Å². The van der Waals surface area contributed by atoms with E-state index in [-0.39, 0.29) is 27.9 Å². The number of aliphatic imine (C=N–C) groups is 1. The molecule has 4 rings (SSSR count). The number of carbonyl (C=O) groups is 1. The SMILES string of the molecule is O=C1OC(c2cc([N+](=O)[O-])ccc2Cl)=NC1=Cc1ccc(-c2ccc(I)cc2)o1. The molecule has 1 aliphatic heterocycles. The van der Waals surface area contributed by atoms with Gasteiger partial charge in [0.05, 0.1) is 15.5 Å². The summed E-state index contributed by atoms with van der Waals surface area (Å²) in [5.74, 6) is 0.264. The van der Waals surface area contributed by atoms with Crippen LogP contribution in [0.1, 0.15) is 11.3 Å². The molecule has 29 heavy (non-hydrogen) atoms. The van der Waals surface area contributed by atoms with Gasteiger partial charge in [-0.2, -0.15) is 0 Å². The molecule has 0 bridgehead atoms. The third-order valence-electron chi connectivity index (χ3n) is 4.05. The molecule has 9 heteroatoms. The van der Waals surface area contributed by atoms with Crippen LogP contribution in [0.5, 0.6) is 0 Å². The average Bonchev–Trinajstić information content (AvgIpc) is 3.30. The van der Waals surface area contributed by atoms with Gasteiger partial charge in [0.2, 0.25) is 5.90 Å². The van der Waals surface area contributed by atoms with Gasteiger partial charge in [0.25, 0.3) is 5.69 Å². The first-order valence-electron chi connectivity index (χ1n) is 8.23. The fourth-order valence-corrected chi connectivity index (χ4v) is 3.21. The van der Waals surface area contributed by atoms with E-state index in [4.69, 9.17) is 20.8 Å². The molecule has 2 heterocycles. The summed E-state index contributed by atoms with van der Waals surface area (Å²) >= 11 is 8.30. The fraction of sp³-hybridized carbons (Fsp3) is 0. The van der Waals surface area contributed by atoms with Crippen molar-refractivity contribution >= 4 is 57.8 Å². The molecule has 3 aromatic rings. The Kier molecular flexibility index (Phi) is 5.20.